The summed E-state index contributed by atoms with van der Waals surface area (Å²) in [7, 11) is 0. The lowest BCUT2D eigenvalue weighted by Crippen LogP contribution is -2.27. The second-order valence-corrected chi connectivity index (χ2v) is 5.51. The summed E-state index contributed by atoms with van der Waals surface area (Å²) < 4.78 is 6.51. The van der Waals surface area contributed by atoms with Crippen molar-refractivity contribution < 1.29 is 4.42 Å². The maximum Gasteiger partial charge on any atom is 0.105 e. The van der Waals surface area contributed by atoms with Crippen molar-refractivity contribution in [2.75, 3.05) is 0 Å². The van der Waals surface area contributed by atoms with Crippen molar-refractivity contribution in [1.29, 1.82) is 0 Å². The molecule has 1 aromatic heterocycles. The number of hydrogen-bond acceptors (Lipinski definition) is 2. The van der Waals surface area contributed by atoms with Crippen molar-refractivity contribution in [2.24, 2.45) is 0 Å². The lowest BCUT2D eigenvalue weighted by atomic mass is 10.1. The average Bonchev–Trinajstić information content (AvgIpc) is 2.80. The molecule has 0 radical (unpaired) electrons. The van der Waals surface area contributed by atoms with Gasteiger partial charge in [-0.05, 0) is 43.2 Å². The molecule has 0 bridgehead atoms. The van der Waals surface area contributed by atoms with Crippen LogP contribution in [0.25, 0.3) is 0 Å². The second-order valence-electron chi connectivity index (χ2n) is 4.66. The van der Waals surface area contributed by atoms with E-state index in [1.807, 2.05) is 12.1 Å². The first kappa shape index (κ1) is 13.4. The zero-order valence-corrected chi connectivity index (χ0v) is 12.3. The summed E-state index contributed by atoms with van der Waals surface area (Å²) in [5, 5.41) is 3.51. The molecule has 2 nitrogen and oxygen atoms in total. The van der Waals surface area contributed by atoms with E-state index < -0.39 is 0 Å². The van der Waals surface area contributed by atoms with Crippen LogP contribution in [0.2, 0.25) is 0 Å². The van der Waals surface area contributed by atoms with Gasteiger partial charge in [0.05, 0.1) is 6.26 Å². The van der Waals surface area contributed by atoms with Crippen LogP contribution in [0.15, 0.2) is 45.5 Å². The Bertz CT molecular complexity index is 493. The van der Waals surface area contributed by atoms with Gasteiger partial charge < -0.3 is 9.73 Å². The molecule has 1 heterocycles. The minimum Gasteiger partial charge on any atom is -0.469 e. The summed E-state index contributed by atoms with van der Waals surface area (Å²) in [4.78, 5) is 0. The van der Waals surface area contributed by atoms with Gasteiger partial charge in [-0.15, -0.1) is 0 Å². The Balaban J connectivity index is 1.87. The predicted octanol–water partition coefficient (Wildman–Crippen LogP) is 4.07. The summed E-state index contributed by atoms with van der Waals surface area (Å²) in [6, 6.07) is 10.8. The molecule has 2 rings (SSSR count). The molecule has 0 saturated heterocycles. The molecule has 0 spiro atoms. The van der Waals surface area contributed by atoms with Gasteiger partial charge in [-0.1, -0.05) is 28.1 Å². The largest absolute Gasteiger partial charge is 0.469 e. The zero-order valence-electron chi connectivity index (χ0n) is 10.7. The SMILES string of the molecule is Cc1ccc(CNC(C)Cc2ccco2)c(Br)c1. The van der Waals surface area contributed by atoms with Crippen LogP contribution in [-0.4, -0.2) is 6.04 Å². The third kappa shape index (κ3) is 3.72. The molecule has 0 aliphatic rings. The summed E-state index contributed by atoms with van der Waals surface area (Å²) in [6.45, 7) is 5.13. The number of furan rings is 1. The maximum atomic E-state index is 5.35. The maximum absolute atomic E-state index is 5.35. The monoisotopic (exact) mass is 307 g/mol. The first-order chi connectivity index (χ1) is 8.65. The van der Waals surface area contributed by atoms with Crippen LogP contribution in [0.3, 0.4) is 0 Å². The molecule has 0 aliphatic carbocycles. The van der Waals surface area contributed by atoms with E-state index in [2.05, 4.69) is 53.3 Å². The highest BCUT2D eigenvalue weighted by atomic mass is 79.9. The molecule has 0 fully saturated rings. The van der Waals surface area contributed by atoms with E-state index in [0.29, 0.717) is 6.04 Å². The van der Waals surface area contributed by atoms with Crippen molar-refractivity contribution in [3.05, 3.63) is 58.0 Å². The molecule has 18 heavy (non-hydrogen) atoms. The van der Waals surface area contributed by atoms with Gasteiger partial charge >= 0.3 is 0 Å². The van der Waals surface area contributed by atoms with Crippen LogP contribution in [0.1, 0.15) is 23.8 Å². The summed E-state index contributed by atoms with van der Waals surface area (Å²) in [6.07, 6.45) is 2.63. The minimum atomic E-state index is 0.393. The smallest absolute Gasteiger partial charge is 0.105 e. The van der Waals surface area contributed by atoms with E-state index >= 15 is 0 Å². The van der Waals surface area contributed by atoms with Gasteiger partial charge in [0, 0.05) is 23.5 Å². The fourth-order valence-corrected chi connectivity index (χ4v) is 2.52. The first-order valence-electron chi connectivity index (χ1n) is 6.16. The van der Waals surface area contributed by atoms with Gasteiger partial charge in [-0.25, -0.2) is 0 Å². The average molecular weight is 308 g/mol. The Morgan fingerprint density at radius 2 is 2.17 bits per heavy atom. The Morgan fingerprint density at radius 1 is 1.33 bits per heavy atom. The Labute approximate surface area is 117 Å². The van der Waals surface area contributed by atoms with E-state index in [-0.39, 0.29) is 0 Å². The highest BCUT2D eigenvalue weighted by molar-refractivity contribution is 9.10. The molecule has 2 aromatic rings. The predicted molar refractivity (Wildman–Crippen MR) is 77.6 cm³/mol. The van der Waals surface area contributed by atoms with Gasteiger partial charge in [-0.2, -0.15) is 0 Å². The molecular weight excluding hydrogens is 290 g/mol. The number of rotatable bonds is 5. The minimum absolute atomic E-state index is 0.393. The van der Waals surface area contributed by atoms with Gasteiger partial charge in [0.1, 0.15) is 5.76 Å². The molecule has 1 N–H and O–H groups in total. The van der Waals surface area contributed by atoms with Crippen molar-refractivity contribution in [3.8, 4) is 0 Å². The number of nitrogens with one attached hydrogen (secondary N) is 1. The molecular formula is C15H18BrNO. The third-order valence-electron chi connectivity index (χ3n) is 2.94. The zero-order chi connectivity index (χ0) is 13.0. The fraction of sp³-hybridized carbons (Fsp3) is 0.333. The van der Waals surface area contributed by atoms with Crippen LogP contribution in [-0.2, 0) is 13.0 Å². The standard InChI is InChI=1S/C15H18BrNO/c1-11-5-6-13(15(16)8-11)10-17-12(2)9-14-4-3-7-18-14/h3-8,12,17H,9-10H2,1-2H3. The summed E-state index contributed by atoms with van der Waals surface area (Å²) in [5.74, 6) is 1.03. The molecule has 0 aliphatic heterocycles. The Morgan fingerprint density at radius 3 is 2.83 bits per heavy atom. The van der Waals surface area contributed by atoms with Gasteiger partial charge in [0.15, 0.2) is 0 Å². The molecule has 1 aromatic carbocycles. The third-order valence-corrected chi connectivity index (χ3v) is 3.68. The number of halogens is 1. The molecule has 1 atom stereocenters. The van der Waals surface area contributed by atoms with E-state index in [1.54, 1.807) is 6.26 Å². The van der Waals surface area contributed by atoms with Gasteiger partial charge in [0.25, 0.3) is 0 Å². The lowest BCUT2D eigenvalue weighted by Gasteiger charge is -2.13. The van der Waals surface area contributed by atoms with Crippen molar-refractivity contribution in [2.45, 2.75) is 32.9 Å². The van der Waals surface area contributed by atoms with Crippen LogP contribution in [0.5, 0.6) is 0 Å². The normalized spacial score (nSPS) is 12.6. The highest BCUT2D eigenvalue weighted by Gasteiger charge is 2.06. The van der Waals surface area contributed by atoms with Crippen LogP contribution in [0.4, 0.5) is 0 Å². The number of aryl methyl sites for hydroxylation is 1. The Hall–Kier alpha value is -1.06. The number of benzene rings is 1. The van der Waals surface area contributed by atoms with Crippen LogP contribution in [0, 0.1) is 6.92 Å². The first-order valence-corrected chi connectivity index (χ1v) is 6.95. The van der Waals surface area contributed by atoms with Gasteiger partial charge in [-0.3, -0.25) is 0 Å². The molecule has 96 valence electrons. The van der Waals surface area contributed by atoms with Gasteiger partial charge in [0.2, 0.25) is 0 Å². The van der Waals surface area contributed by atoms with Crippen LogP contribution >= 0.6 is 15.9 Å². The molecule has 3 heteroatoms. The summed E-state index contributed by atoms with van der Waals surface area (Å²) >= 11 is 3.60. The second kappa shape index (κ2) is 6.21. The van der Waals surface area contributed by atoms with E-state index in [1.165, 1.54) is 15.6 Å². The molecule has 0 amide bonds. The highest BCUT2D eigenvalue weighted by Crippen LogP contribution is 2.18. The van der Waals surface area contributed by atoms with E-state index in [0.717, 1.165) is 18.7 Å². The van der Waals surface area contributed by atoms with Crippen molar-refractivity contribution in [3.63, 3.8) is 0 Å². The van der Waals surface area contributed by atoms with E-state index in [9.17, 15) is 0 Å². The van der Waals surface area contributed by atoms with Crippen molar-refractivity contribution in [1.82, 2.24) is 5.32 Å². The fourth-order valence-electron chi connectivity index (χ4n) is 1.88. The number of hydrogen-bond donors (Lipinski definition) is 1. The molecule has 1 unspecified atom stereocenters. The van der Waals surface area contributed by atoms with E-state index in [4.69, 9.17) is 4.42 Å². The summed E-state index contributed by atoms with van der Waals surface area (Å²) in [5.41, 5.74) is 2.56. The van der Waals surface area contributed by atoms with Crippen molar-refractivity contribution >= 4 is 15.9 Å². The lowest BCUT2D eigenvalue weighted by molar-refractivity contribution is 0.456. The van der Waals surface area contributed by atoms with Crippen LogP contribution < -0.4 is 5.32 Å². The molecule has 0 saturated carbocycles. The quantitative estimate of drug-likeness (QED) is 0.900. The Kier molecular flexibility index (Phi) is 4.61. The topological polar surface area (TPSA) is 25.2 Å².